The molecule has 0 spiro atoms. The molecule has 3 aromatic rings. The van der Waals surface area contributed by atoms with E-state index in [9.17, 15) is 8.42 Å². The Labute approximate surface area is 174 Å². The lowest BCUT2D eigenvalue weighted by Gasteiger charge is -2.34. The third-order valence-corrected chi connectivity index (χ3v) is 6.84. The zero-order valence-corrected chi connectivity index (χ0v) is 17.5. The number of pyridine rings is 1. The maximum atomic E-state index is 12.8. The highest BCUT2D eigenvalue weighted by atomic mass is 32.2. The molecule has 0 bridgehead atoms. The van der Waals surface area contributed by atoms with Crippen LogP contribution in [0, 0.1) is 19.8 Å². The standard InChI is InChI=1S/C20H23N5O4S/c1-11-3-4-16(30(27,28)25-15-5-13(6-15)10-26)8-17(11)14-7-18(19(21)22-9-14)20-23-12(2)24-29-20/h3-4,7-9,13,15,25-26H,5-6,10H2,1-2H3,(H2,21,22). The van der Waals surface area contributed by atoms with Crippen LogP contribution in [0.15, 0.2) is 39.9 Å². The zero-order valence-electron chi connectivity index (χ0n) is 16.7. The molecule has 0 saturated heterocycles. The number of anilines is 1. The van der Waals surface area contributed by atoms with Gasteiger partial charge in [-0.25, -0.2) is 18.1 Å². The lowest BCUT2D eigenvalue weighted by Crippen LogP contribution is -2.45. The van der Waals surface area contributed by atoms with Gasteiger partial charge in [-0.1, -0.05) is 11.2 Å². The van der Waals surface area contributed by atoms with Crippen molar-refractivity contribution in [2.75, 3.05) is 12.3 Å². The van der Waals surface area contributed by atoms with Crippen LogP contribution in [0.2, 0.25) is 0 Å². The van der Waals surface area contributed by atoms with E-state index in [0.29, 0.717) is 35.4 Å². The lowest BCUT2D eigenvalue weighted by molar-refractivity contribution is 0.137. The van der Waals surface area contributed by atoms with Gasteiger partial charge in [0, 0.05) is 24.4 Å². The van der Waals surface area contributed by atoms with Crippen LogP contribution >= 0.6 is 0 Å². The van der Waals surface area contributed by atoms with Gasteiger partial charge in [0.25, 0.3) is 5.89 Å². The predicted molar refractivity (Wildman–Crippen MR) is 111 cm³/mol. The molecule has 0 unspecified atom stereocenters. The van der Waals surface area contributed by atoms with E-state index < -0.39 is 10.0 Å². The van der Waals surface area contributed by atoms with Crippen molar-refractivity contribution in [2.24, 2.45) is 5.92 Å². The fourth-order valence-corrected chi connectivity index (χ4v) is 4.84. The number of nitrogens with zero attached hydrogens (tertiary/aromatic N) is 3. The summed E-state index contributed by atoms with van der Waals surface area (Å²) in [7, 11) is -3.68. The number of aromatic nitrogens is 3. The minimum absolute atomic E-state index is 0.0823. The van der Waals surface area contributed by atoms with Gasteiger partial charge in [-0.05, 0) is 61.9 Å². The Kier molecular flexibility index (Phi) is 5.31. The number of hydrogen-bond acceptors (Lipinski definition) is 8. The summed E-state index contributed by atoms with van der Waals surface area (Å²) in [4.78, 5) is 8.59. The second kappa shape index (κ2) is 7.78. The molecule has 30 heavy (non-hydrogen) atoms. The summed E-state index contributed by atoms with van der Waals surface area (Å²) < 4.78 is 33.6. The van der Waals surface area contributed by atoms with Gasteiger partial charge in [0.1, 0.15) is 5.82 Å². The summed E-state index contributed by atoms with van der Waals surface area (Å²) in [6, 6.07) is 6.57. The fourth-order valence-electron chi connectivity index (χ4n) is 3.55. The second-order valence-electron chi connectivity index (χ2n) is 7.62. The van der Waals surface area contributed by atoms with Crippen LogP contribution < -0.4 is 10.5 Å². The summed E-state index contributed by atoms with van der Waals surface area (Å²) in [5.74, 6) is 1.14. The van der Waals surface area contributed by atoms with Crippen molar-refractivity contribution in [3.8, 4) is 22.6 Å². The third kappa shape index (κ3) is 3.93. The molecule has 1 aliphatic rings. The highest BCUT2D eigenvalue weighted by Gasteiger charge is 2.32. The van der Waals surface area contributed by atoms with Gasteiger partial charge in [-0.3, -0.25) is 0 Å². The SMILES string of the molecule is Cc1noc(-c2cc(-c3cc(S(=O)(=O)NC4CC(CO)C4)ccc3C)cnc2N)n1. The molecule has 9 nitrogen and oxygen atoms in total. The van der Waals surface area contributed by atoms with Gasteiger partial charge in [-0.15, -0.1) is 0 Å². The minimum Gasteiger partial charge on any atom is -0.396 e. The van der Waals surface area contributed by atoms with E-state index in [2.05, 4.69) is 19.8 Å². The Hall–Kier alpha value is -2.82. The molecule has 1 aliphatic carbocycles. The molecule has 158 valence electrons. The van der Waals surface area contributed by atoms with Crippen LogP contribution in [0.25, 0.3) is 22.6 Å². The van der Waals surface area contributed by atoms with Crippen LogP contribution in [0.5, 0.6) is 0 Å². The number of nitrogens with two attached hydrogens (primary N) is 1. The van der Waals surface area contributed by atoms with Crippen LogP contribution in [0.4, 0.5) is 5.82 Å². The number of benzene rings is 1. The molecular formula is C20H23N5O4S. The van der Waals surface area contributed by atoms with Crippen molar-refractivity contribution in [1.82, 2.24) is 19.8 Å². The topological polar surface area (TPSA) is 144 Å². The van der Waals surface area contributed by atoms with Crippen LogP contribution in [-0.4, -0.2) is 41.3 Å². The van der Waals surface area contributed by atoms with Gasteiger partial charge in [0.15, 0.2) is 5.82 Å². The molecule has 10 heteroatoms. The number of aryl methyl sites for hydroxylation is 2. The summed E-state index contributed by atoms with van der Waals surface area (Å²) in [5.41, 5.74) is 8.76. The first kappa shape index (κ1) is 20.5. The average Bonchev–Trinajstić information content (AvgIpc) is 3.11. The number of aliphatic hydroxyl groups is 1. The van der Waals surface area contributed by atoms with Crippen LogP contribution in [0.3, 0.4) is 0 Å². The summed E-state index contributed by atoms with van der Waals surface area (Å²) in [6.45, 7) is 3.68. The number of rotatable bonds is 6. The zero-order chi connectivity index (χ0) is 21.5. The number of nitrogens with one attached hydrogen (secondary N) is 1. The molecule has 4 rings (SSSR count). The Bertz CT molecular complexity index is 1190. The monoisotopic (exact) mass is 429 g/mol. The Morgan fingerprint density at radius 2 is 2.00 bits per heavy atom. The Morgan fingerprint density at radius 1 is 1.23 bits per heavy atom. The highest BCUT2D eigenvalue weighted by Crippen LogP contribution is 2.32. The van der Waals surface area contributed by atoms with Gasteiger partial charge < -0.3 is 15.4 Å². The Morgan fingerprint density at radius 3 is 2.67 bits per heavy atom. The molecule has 0 radical (unpaired) electrons. The van der Waals surface area contributed by atoms with Crippen molar-refractivity contribution < 1.29 is 18.0 Å². The van der Waals surface area contributed by atoms with Crippen molar-refractivity contribution >= 4 is 15.8 Å². The van der Waals surface area contributed by atoms with Gasteiger partial charge in [-0.2, -0.15) is 4.98 Å². The molecule has 2 aromatic heterocycles. The number of hydrogen-bond donors (Lipinski definition) is 3. The highest BCUT2D eigenvalue weighted by molar-refractivity contribution is 7.89. The largest absolute Gasteiger partial charge is 0.396 e. The molecule has 1 aromatic carbocycles. The Balaban J connectivity index is 1.67. The molecule has 2 heterocycles. The molecule has 1 saturated carbocycles. The molecule has 0 amide bonds. The van der Waals surface area contributed by atoms with E-state index in [1.54, 1.807) is 37.4 Å². The molecule has 4 N–H and O–H groups in total. The first-order valence-corrected chi connectivity index (χ1v) is 11.1. The van der Waals surface area contributed by atoms with Crippen molar-refractivity contribution in [3.05, 3.63) is 41.9 Å². The van der Waals surface area contributed by atoms with E-state index in [1.807, 2.05) is 6.92 Å². The molecule has 0 atom stereocenters. The molecular weight excluding hydrogens is 406 g/mol. The number of sulfonamides is 1. The summed E-state index contributed by atoms with van der Waals surface area (Å²) in [5, 5.41) is 12.9. The predicted octanol–water partition coefficient (Wildman–Crippen LogP) is 2.05. The third-order valence-electron chi connectivity index (χ3n) is 5.32. The van der Waals surface area contributed by atoms with Crippen molar-refractivity contribution in [3.63, 3.8) is 0 Å². The van der Waals surface area contributed by atoms with E-state index >= 15 is 0 Å². The maximum absolute atomic E-state index is 12.8. The lowest BCUT2D eigenvalue weighted by atomic mass is 9.82. The number of nitrogen functional groups attached to an aromatic ring is 1. The number of aliphatic hydroxyl groups excluding tert-OH is 1. The molecule has 0 aliphatic heterocycles. The first-order valence-electron chi connectivity index (χ1n) is 9.57. The minimum atomic E-state index is -3.68. The molecule has 1 fully saturated rings. The maximum Gasteiger partial charge on any atom is 0.261 e. The first-order chi connectivity index (χ1) is 14.3. The van der Waals surface area contributed by atoms with Crippen LogP contribution in [-0.2, 0) is 10.0 Å². The van der Waals surface area contributed by atoms with E-state index in [-0.39, 0.29) is 35.2 Å². The van der Waals surface area contributed by atoms with Crippen molar-refractivity contribution in [2.45, 2.75) is 37.6 Å². The quantitative estimate of drug-likeness (QED) is 0.540. The van der Waals surface area contributed by atoms with Gasteiger partial charge in [0.05, 0.1) is 10.5 Å². The normalized spacial score (nSPS) is 18.9. The average molecular weight is 430 g/mol. The summed E-state index contributed by atoms with van der Waals surface area (Å²) >= 11 is 0. The van der Waals surface area contributed by atoms with E-state index in [4.69, 9.17) is 15.4 Å². The second-order valence-corrected chi connectivity index (χ2v) is 9.33. The summed E-state index contributed by atoms with van der Waals surface area (Å²) in [6.07, 6.45) is 2.87. The van der Waals surface area contributed by atoms with E-state index in [1.165, 1.54) is 0 Å². The van der Waals surface area contributed by atoms with Gasteiger partial charge >= 0.3 is 0 Å². The smallest absolute Gasteiger partial charge is 0.261 e. The fraction of sp³-hybridized carbons (Fsp3) is 0.350. The van der Waals surface area contributed by atoms with Crippen LogP contribution in [0.1, 0.15) is 24.2 Å². The van der Waals surface area contributed by atoms with Gasteiger partial charge in [0.2, 0.25) is 10.0 Å². The van der Waals surface area contributed by atoms with Crippen molar-refractivity contribution in [1.29, 1.82) is 0 Å². The van der Waals surface area contributed by atoms with E-state index in [0.717, 1.165) is 5.56 Å².